The number of halogens is 1. The van der Waals surface area contributed by atoms with Crippen LogP contribution < -0.4 is 5.32 Å². The average Bonchev–Trinajstić information content (AvgIpc) is 2.06. The zero-order valence-electron chi connectivity index (χ0n) is 9.39. The molecule has 1 amide bonds. The van der Waals surface area contributed by atoms with Gasteiger partial charge < -0.3 is 5.32 Å². The van der Waals surface area contributed by atoms with Gasteiger partial charge in [0.1, 0.15) is 0 Å². The van der Waals surface area contributed by atoms with Crippen molar-refractivity contribution in [2.24, 2.45) is 0 Å². The molecule has 0 aliphatic rings. The van der Waals surface area contributed by atoms with Gasteiger partial charge in [0, 0.05) is 22.4 Å². The summed E-state index contributed by atoms with van der Waals surface area (Å²) in [5.41, 5.74) is 1.29. The minimum atomic E-state index is -0.230. The molecule has 0 bridgehead atoms. The van der Waals surface area contributed by atoms with E-state index in [4.69, 9.17) is 0 Å². The van der Waals surface area contributed by atoms with E-state index in [0.29, 0.717) is 5.56 Å². The van der Waals surface area contributed by atoms with Crippen molar-refractivity contribution < 1.29 is 4.79 Å². The van der Waals surface area contributed by atoms with Crippen molar-refractivity contribution in [1.29, 1.82) is 0 Å². The van der Waals surface area contributed by atoms with Gasteiger partial charge in [0.05, 0.1) is 5.56 Å². The Labute approximate surface area is 98.4 Å². The molecule has 1 heterocycles. The molecule has 15 heavy (non-hydrogen) atoms. The van der Waals surface area contributed by atoms with Crippen LogP contribution in [0.25, 0.3) is 0 Å². The minimum absolute atomic E-state index is 0.0891. The zero-order valence-corrected chi connectivity index (χ0v) is 11.0. The van der Waals surface area contributed by atoms with Crippen molar-refractivity contribution in [2.75, 3.05) is 0 Å². The van der Waals surface area contributed by atoms with E-state index < -0.39 is 0 Å². The first kappa shape index (κ1) is 12.2. The monoisotopic (exact) mass is 270 g/mol. The molecule has 0 fully saturated rings. The molecule has 82 valence electrons. The molecular formula is C11H15BrN2O. The second kappa shape index (κ2) is 4.31. The summed E-state index contributed by atoms with van der Waals surface area (Å²) < 4.78 is 0.851. The highest BCUT2D eigenvalue weighted by Gasteiger charge is 2.17. The largest absolute Gasteiger partial charge is 0.347 e. The van der Waals surface area contributed by atoms with Crippen molar-refractivity contribution >= 4 is 21.8 Å². The molecule has 0 aliphatic carbocycles. The summed E-state index contributed by atoms with van der Waals surface area (Å²) in [4.78, 5) is 15.8. The van der Waals surface area contributed by atoms with E-state index in [1.54, 1.807) is 12.4 Å². The third-order valence-electron chi connectivity index (χ3n) is 1.89. The number of hydrogen-bond donors (Lipinski definition) is 1. The summed E-state index contributed by atoms with van der Waals surface area (Å²) in [5, 5.41) is 2.90. The van der Waals surface area contributed by atoms with Crippen LogP contribution in [0.15, 0.2) is 16.9 Å². The van der Waals surface area contributed by atoms with Gasteiger partial charge >= 0.3 is 0 Å². The maximum atomic E-state index is 11.9. The van der Waals surface area contributed by atoms with Gasteiger partial charge in [0.15, 0.2) is 0 Å². The lowest BCUT2D eigenvalue weighted by Gasteiger charge is -2.21. The molecule has 1 rings (SSSR count). The van der Waals surface area contributed by atoms with Crippen LogP contribution in [0.2, 0.25) is 0 Å². The topological polar surface area (TPSA) is 42.0 Å². The van der Waals surface area contributed by atoms with Crippen LogP contribution in [0.1, 0.15) is 36.7 Å². The first-order chi connectivity index (χ1) is 6.81. The fourth-order valence-electron chi connectivity index (χ4n) is 1.14. The number of amides is 1. The summed E-state index contributed by atoms with van der Waals surface area (Å²) in [6.45, 7) is 7.74. The first-order valence-electron chi connectivity index (χ1n) is 4.74. The van der Waals surface area contributed by atoms with Gasteiger partial charge in [-0.25, -0.2) is 0 Å². The molecule has 1 aromatic rings. The molecule has 0 aromatic carbocycles. The highest BCUT2D eigenvalue weighted by atomic mass is 79.9. The van der Waals surface area contributed by atoms with Crippen LogP contribution in [0, 0.1) is 6.92 Å². The van der Waals surface area contributed by atoms with Crippen molar-refractivity contribution in [3.63, 3.8) is 0 Å². The Hall–Kier alpha value is -0.900. The number of nitrogens with one attached hydrogen (secondary N) is 1. The van der Waals surface area contributed by atoms with Gasteiger partial charge in [0.2, 0.25) is 0 Å². The Bertz CT molecular complexity index is 383. The molecule has 1 aromatic heterocycles. The molecule has 3 nitrogen and oxygen atoms in total. The second-order valence-corrected chi connectivity index (χ2v) is 5.35. The van der Waals surface area contributed by atoms with Crippen LogP contribution in [0.3, 0.4) is 0 Å². The van der Waals surface area contributed by atoms with Gasteiger partial charge in [-0.05, 0) is 49.2 Å². The maximum absolute atomic E-state index is 11.9. The van der Waals surface area contributed by atoms with E-state index >= 15 is 0 Å². The molecule has 0 aliphatic heterocycles. The highest BCUT2D eigenvalue weighted by molar-refractivity contribution is 9.10. The quantitative estimate of drug-likeness (QED) is 0.853. The minimum Gasteiger partial charge on any atom is -0.347 e. The summed E-state index contributed by atoms with van der Waals surface area (Å²) in [5.74, 6) is -0.0891. The fourth-order valence-corrected chi connectivity index (χ4v) is 1.47. The van der Waals surface area contributed by atoms with Crippen LogP contribution in [0.5, 0.6) is 0 Å². The van der Waals surface area contributed by atoms with Gasteiger partial charge in [-0.15, -0.1) is 0 Å². The zero-order chi connectivity index (χ0) is 11.6. The normalized spacial score (nSPS) is 11.3. The molecule has 1 N–H and O–H groups in total. The van der Waals surface area contributed by atoms with E-state index in [1.807, 2.05) is 27.7 Å². The van der Waals surface area contributed by atoms with E-state index in [0.717, 1.165) is 10.0 Å². The number of pyridine rings is 1. The van der Waals surface area contributed by atoms with Crippen molar-refractivity contribution in [3.8, 4) is 0 Å². The van der Waals surface area contributed by atoms with Crippen LogP contribution in [-0.2, 0) is 0 Å². The smallest absolute Gasteiger partial charge is 0.253 e. The summed E-state index contributed by atoms with van der Waals surface area (Å²) in [6.07, 6.45) is 3.27. The fraction of sp³-hybridized carbons (Fsp3) is 0.455. The molecule has 0 saturated heterocycles. The van der Waals surface area contributed by atoms with E-state index in [1.165, 1.54) is 0 Å². The van der Waals surface area contributed by atoms with Gasteiger partial charge in [-0.2, -0.15) is 0 Å². The van der Waals surface area contributed by atoms with E-state index in [2.05, 4.69) is 26.2 Å². The third-order valence-corrected chi connectivity index (χ3v) is 2.69. The van der Waals surface area contributed by atoms with Gasteiger partial charge in [-0.1, -0.05) is 0 Å². The lowest BCUT2D eigenvalue weighted by molar-refractivity contribution is 0.0918. The lowest BCUT2D eigenvalue weighted by atomic mass is 10.1. The first-order valence-corrected chi connectivity index (χ1v) is 5.53. The van der Waals surface area contributed by atoms with E-state index in [9.17, 15) is 4.79 Å². The van der Waals surface area contributed by atoms with Crippen LogP contribution in [0.4, 0.5) is 0 Å². The average molecular weight is 271 g/mol. The Morgan fingerprint density at radius 1 is 1.40 bits per heavy atom. The molecule has 0 spiro atoms. The molecule has 0 radical (unpaired) electrons. The standard InChI is InChI=1S/C11H15BrN2O/c1-7-8(5-13-6-9(7)12)10(15)14-11(2,3)4/h5-6H,1-4H3,(H,14,15). The Morgan fingerprint density at radius 2 is 2.00 bits per heavy atom. The number of carbonyl (C=O) groups is 1. The van der Waals surface area contributed by atoms with Gasteiger partial charge in [-0.3, -0.25) is 9.78 Å². The highest BCUT2D eigenvalue weighted by Crippen LogP contribution is 2.18. The number of hydrogen-bond acceptors (Lipinski definition) is 2. The number of rotatable bonds is 1. The SMILES string of the molecule is Cc1c(Br)cncc1C(=O)NC(C)(C)C. The van der Waals surface area contributed by atoms with Gasteiger partial charge in [0.25, 0.3) is 5.91 Å². The van der Waals surface area contributed by atoms with E-state index in [-0.39, 0.29) is 11.4 Å². The third kappa shape index (κ3) is 3.30. The van der Waals surface area contributed by atoms with Crippen LogP contribution >= 0.6 is 15.9 Å². The number of carbonyl (C=O) groups excluding carboxylic acids is 1. The second-order valence-electron chi connectivity index (χ2n) is 4.50. The van der Waals surface area contributed by atoms with Crippen molar-refractivity contribution in [1.82, 2.24) is 10.3 Å². The lowest BCUT2D eigenvalue weighted by Crippen LogP contribution is -2.40. The number of aromatic nitrogens is 1. The summed E-state index contributed by atoms with van der Waals surface area (Å²) in [6, 6.07) is 0. The Kier molecular flexibility index (Phi) is 3.50. The molecule has 0 unspecified atom stereocenters. The predicted octanol–water partition coefficient (Wildman–Crippen LogP) is 2.68. The molecule has 0 saturated carbocycles. The molecule has 0 atom stereocenters. The Morgan fingerprint density at radius 3 is 2.53 bits per heavy atom. The van der Waals surface area contributed by atoms with Crippen molar-refractivity contribution in [3.05, 3.63) is 28.0 Å². The van der Waals surface area contributed by atoms with Crippen molar-refractivity contribution in [2.45, 2.75) is 33.2 Å². The number of nitrogens with zero attached hydrogens (tertiary/aromatic N) is 1. The Balaban J connectivity index is 2.97. The maximum Gasteiger partial charge on any atom is 0.253 e. The molecule has 4 heteroatoms. The summed E-state index contributed by atoms with van der Waals surface area (Å²) >= 11 is 3.35. The van der Waals surface area contributed by atoms with Crippen LogP contribution in [-0.4, -0.2) is 16.4 Å². The predicted molar refractivity (Wildman–Crippen MR) is 63.9 cm³/mol. The summed E-state index contributed by atoms with van der Waals surface area (Å²) in [7, 11) is 0. The molecular weight excluding hydrogens is 256 g/mol.